The summed E-state index contributed by atoms with van der Waals surface area (Å²) in [7, 11) is 0. The van der Waals surface area contributed by atoms with Crippen LogP contribution in [0.5, 0.6) is 0 Å². The molecule has 3 rings (SSSR count). The second kappa shape index (κ2) is 5.98. The average Bonchev–Trinajstić information content (AvgIpc) is 2.96. The number of benzene rings is 1. The van der Waals surface area contributed by atoms with E-state index in [9.17, 15) is 0 Å². The Hall–Kier alpha value is -1.68. The Bertz CT molecular complexity index is 600. The molecule has 0 amide bonds. The van der Waals surface area contributed by atoms with Gasteiger partial charge in [-0.3, -0.25) is 0 Å². The Labute approximate surface area is 125 Å². The molecule has 0 aliphatic heterocycles. The van der Waals surface area contributed by atoms with Gasteiger partial charge < -0.3 is 10.3 Å². The van der Waals surface area contributed by atoms with E-state index in [4.69, 9.17) is 10.3 Å². The number of hydrogen-bond acceptors (Lipinski definition) is 4. The normalized spacial score (nSPS) is 17.8. The summed E-state index contributed by atoms with van der Waals surface area (Å²) in [6.45, 7) is 2.11. The largest absolute Gasteiger partial charge is 0.339 e. The maximum atomic E-state index is 6.44. The molecule has 4 heteroatoms. The molecule has 1 heterocycles. The molecule has 4 nitrogen and oxygen atoms in total. The van der Waals surface area contributed by atoms with Gasteiger partial charge in [-0.25, -0.2) is 0 Å². The van der Waals surface area contributed by atoms with Gasteiger partial charge in [0.15, 0.2) is 5.82 Å². The zero-order chi connectivity index (χ0) is 14.7. The molecule has 0 unspecified atom stereocenters. The quantitative estimate of drug-likeness (QED) is 0.936. The van der Waals surface area contributed by atoms with Crippen LogP contribution < -0.4 is 5.73 Å². The molecular formula is C17H23N3O. The van der Waals surface area contributed by atoms with E-state index in [0.717, 1.165) is 38.5 Å². The SMILES string of the molecule is Cc1cccc(CCc2nc(C3(N)CCCCC3)no2)c1. The molecule has 1 aliphatic carbocycles. The van der Waals surface area contributed by atoms with Crippen molar-refractivity contribution in [3.05, 3.63) is 47.1 Å². The fourth-order valence-electron chi connectivity index (χ4n) is 3.08. The Morgan fingerprint density at radius 3 is 2.76 bits per heavy atom. The van der Waals surface area contributed by atoms with Crippen molar-refractivity contribution < 1.29 is 4.52 Å². The first kappa shape index (κ1) is 14.3. The molecule has 0 saturated heterocycles. The summed E-state index contributed by atoms with van der Waals surface area (Å²) in [6.07, 6.45) is 7.19. The summed E-state index contributed by atoms with van der Waals surface area (Å²) in [4.78, 5) is 4.54. The second-order valence-electron chi connectivity index (χ2n) is 6.22. The van der Waals surface area contributed by atoms with Crippen LogP contribution in [0.15, 0.2) is 28.8 Å². The zero-order valence-electron chi connectivity index (χ0n) is 12.6. The smallest absolute Gasteiger partial charge is 0.227 e. The molecule has 1 aromatic carbocycles. The molecule has 0 atom stereocenters. The molecule has 1 saturated carbocycles. The van der Waals surface area contributed by atoms with E-state index in [-0.39, 0.29) is 5.54 Å². The molecule has 1 aromatic heterocycles. The minimum absolute atomic E-state index is 0.372. The number of hydrogen-bond donors (Lipinski definition) is 1. The second-order valence-corrected chi connectivity index (χ2v) is 6.22. The summed E-state index contributed by atoms with van der Waals surface area (Å²) in [5.74, 6) is 1.39. The summed E-state index contributed by atoms with van der Waals surface area (Å²) in [5, 5.41) is 4.13. The van der Waals surface area contributed by atoms with E-state index >= 15 is 0 Å². The van der Waals surface area contributed by atoms with E-state index in [1.54, 1.807) is 0 Å². The first-order valence-electron chi connectivity index (χ1n) is 7.83. The predicted octanol–water partition coefficient (Wildman–Crippen LogP) is 3.28. The van der Waals surface area contributed by atoms with E-state index in [1.807, 2.05) is 0 Å². The van der Waals surface area contributed by atoms with Crippen LogP contribution in [0, 0.1) is 6.92 Å². The van der Waals surface area contributed by atoms with Gasteiger partial charge in [-0.15, -0.1) is 0 Å². The van der Waals surface area contributed by atoms with Gasteiger partial charge in [0.2, 0.25) is 5.89 Å². The zero-order valence-corrected chi connectivity index (χ0v) is 12.6. The van der Waals surface area contributed by atoms with Gasteiger partial charge in [0.05, 0.1) is 5.54 Å². The summed E-state index contributed by atoms with van der Waals surface area (Å²) in [5.41, 5.74) is 8.64. The Balaban J connectivity index is 1.65. The average molecular weight is 285 g/mol. The van der Waals surface area contributed by atoms with E-state index in [1.165, 1.54) is 17.5 Å². The van der Waals surface area contributed by atoms with Crippen LogP contribution in [-0.2, 0) is 18.4 Å². The lowest BCUT2D eigenvalue weighted by atomic mass is 9.82. The highest BCUT2D eigenvalue weighted by atomic mass is 16.5. The monoisotopic (exact) mass is 285 g/mol. The van der Waals surface area contributed by atoms with Crippen LogP contribution >= 0.6 is 0 Å². The van der Waals surface area contributed by atoms with Crippen LogP contribution in [0.4, 0.5) is 0 Å². The molecule has 2 aromatic rings. The van der Waals surface area contributed by atoms with Crippen molar-refractivity contribution in [3.8, 4) is 0 Å². The third-order valence-electron chi connectivity index (χ3n) is 4.37. The first-order valence-corrected chi connectivity index (χ1v) is 7.83. The molecule has 21 heavy (non-hydrogen) atoms. The van der Waals surface area contributed by atoms with Gasteiger partial charge in [0, 0.05) is 6.42 Å². The summed E-state index contributed by atoms with van der Waals surface area (Å²) >= 11 is 0. The predicted molar refractivity (Wildman–Crippen MR) is 81.8 cm³/mol. The van der Waals surface area contributed by atoms with Crippen LogP contribution in [0.1, 0.15) is 54.9 Å². The third kappa shape index (κ3) is 3.32. The molecular weight excluding hydrogens is 262 g/mol. The summed E-state index contributed by atoms with van der Waals surface area (Å²) < 4.78 is 5.39. The van der Waals surface area contributed by atoms with Crippen molar-refractivity contribution in [2.75, 3.05) is 0 Å². The van der Waals surface area contributed by atoms with Crippen molar-refractivity contribution >= 4 is 0 Å². The Morgan fingerprint density at radius 2 is 2.00 bits per heavy atom. The lowest BCUT2D eigenvalue weighted by Crippen LogP contribution is -2.39. The van der Waals surface area contributed by atoms with Crippen molar-refractivity contribution in [1.82, 2.24) is 10.1 Å². The van der Waals surface area contributed by atoms with Crippen molar-refractivity contribution in [2.24, 2.45) is 5.73 Å². The minimum Gasteiger partial charge on any atom is -0.339 e. The molecule has 2 N–H and O–H groups in total. The number of nitrogens with zero attached hydrogens (tertiary/aromatic N) is 2. The molecule has 1 fully saturated rings. The van der Waals surface area contributed by atoms with Gasteiger partial charge in [0.1, 0.15) is 0 Å². The molecule has 112 valence electrons. The van der Waals surface area contributed by atoms with Crippen LogP contribution in [0.25, 0.3) is 0 Å². The Morgan fingerprint density at radius 1 is 1.19 bits per heavy atom. The van der Waals surface area contributed by atoms with Crippen molar-refractivity contribution in [1.29, 1.82) is 0 Å². The topological polar surface area (TPSA) is 64.9 Å². The van der Waals surface area contributed by atoms with Gasteiger partial charge in [0.25, 0.3) is 0 Å². The number of rotatable bonds is 4. The highest BCUT2D eigenvalue weighted by molar-refractivity contribution is 5.22. The van der Waals surface area contributed by atoms with Crippen molar-refractivity contribution in [2.45, 2.75) is 57.4 Å². The van der Waals surface area contributed by atoms with Crippen molar-refractivity contribution in [3.63, 3.8) is 0 Å². The maximum Gasteiger partial charge on any atom is 0.227 e. The van der Waals surface area contributed by atoms with Gasteiger partial charge in [-0.1, -0.05) is 54.2 Å². The van der Waals surface area contributed by atoms with Gasteiger partial charge >= 0.3 is 0 Å². The van der Waals surface area contributed by atoms with Crippen LogP contribution in [-0.4, -0.2) is 10.1 Å². The fraction of sp³-hybridized carbons (Fsp3) is 0.529. The van der Waals surface area contributed by atoms with Crippen LogP contribution in [0.2, 0.25) is 0 Å². The number of aromatic nitrogens is 2. The first-order chi connectivity index (χ1) is 10.2. The Kier molecular flexibility index (Phi) is 4.06. The number of aryl methyl sites for hydroxylation is 3. The molecule has 0 spiro atoms. The highest BCUT2D eigenvalue weighted by Crippen LogP contribution is 2.33. The molecule has 0 radical (unpaired) electrons. The minimum atomic E-state index is -0.372. The lowest BCUT2D eigenvalue weighted by molar-refractivity contribution is 0.273. The molecule has 1 aliphatic rings. The van der Waals surface area contributed by atoms with Gasteiger partial charge in [-0.05, 0) is 31.7 Å². The van der Waals surface area contributed by atoms with E-state index < -0.39 is 0 Å². The highest BCUT2D eigenvalue weighted by Gasteiger charge is 2.34. The van der Waals surface area contributed by atoms with Gasteiger partial charge in [-0.2, -0.15) is 4.98 Å². The summed E-state index contributed by atoms with van der Waals surface area (Å²) in [6, 6.07) is 8.52. The number of nitrogens with two attached hydrogens (primary N) is 1. The van der Waals surface area contributed by atoms with E-state index in [0.29, 0.717) is 11.7 Å². The lowest BCUT2D eigenvalue weighted by Gasteiger charge is -2.29. The standard InChI is InChI=1S/C17H23N3O/c1-13-6-5-7-14(12-13)8-9-15-19-16(20-21-15)17(18)10-3-2-4-11-17/h5-7,12H,2-4,8-11,18H2,1H3. The van der Waals surface area contributed by atoms with E-state index in [2.05, 4.69) is 41.3 Å². The third-order valence-corrected chi connectivity index (χ3v) is 4.37. The fourth-order valence-corrected chi connectivity index (χ4v) is 3.08. The molecule has 0 bridgehead atoms. The maximum absolute atomic E-state index is 6.44. The van der Waals surface area contributed by atoms with Crippen LogP contribution in [0.3, 0.4) is 0 Å².